The molecule has 0 atom stereocenters. The van der Waals surface area contributed by atoms with Crippen LogP contribution in [0.3, 0.4) is 0 Å². The van der Waals surface area contributed by atoms with Crippen LogP contribution in [0, 0.1) is 0 Å². The number of pyridine rings is 1. The predicted octanol–water partition coefficient (Wildman–Crippen LogP) is 3.32. The van der Waals surface area contributed by atoms with Crippen LogP contribution in [-0.4, -0.2) is 36.2 Å². The first kappa shape index (κ1) is 19.8. The summed E-state index contributed by atoms with van der Waals surface area (Å²) in [4.78, 5) is 18.4. The fourth-order valence-electron chi connectivity index (χ4n) is 2.94. The maximum Gasteiger partial charge on any atom is 0.238 e. The van der Waals surface area contributed by atoms with Crippen molar-refractivity contribution in [3.05, 3.63) is 90.3 Å². The molecule has 0 aliphatic carbocycles. The second kappa shape index (κ2) is 8.80. The summed E-state index contributed by atoms with van der Waals surface area (Å²) >= 11 is 0. The first-order valence-corrected chi connectivity index (χ1v) is 11.0. The van der Waals surface area contributed by atoms with Gasteiger partial charge >= 0.3 is 0 Å². The highest BCUT2D eigenvalue weighted by atomic mass is 32.2. The van der Waals surface area contributed by atoms with Crippen LogP contribution in [-0.2, 0) is 27.7 Å². The van der Waals surface area contributed by atoms with Crippen molar-refractivity contribution in [2.75, 3.05) is 12.0 Å². The molecule has 28 heavy (non-hydrogen) atoms. The molecule has 6 heteroatoms. The number of rotatable bonds is 7. The fraction of sp³-hybridized carbons (Fsp3) is 0.182. The van der Waals surface area contributed by atoms with Crippen LogP contribution in [0.15, 0.2) is 79.0 Å². The maximum atomic E-state index is 12.6. The van der Waals surface area contributed by atoms with Crippen LogP contribution in [0.2, 0.25) is 0 Å². The van der Waals surface area contributed by atoms with E-state index in [1.165, 1.54) is 4.90 Å². The summed E-state index contributed by atoms with van der Waals surface area (Å²) in [7, 11) is -3.42. The van der Waals surface area contributed by atoms with Gasteiger partial charge in [-0.15, -0.1) is 0 Å². The van der Waals surface area contributed by atoms with Gasteiger partial charge in [0, 0.05) is 19.0 Å². The van der Waals surface area contributed by atoms with E-state index in [2.05, 4.69) is 4.98 Å². The van der Waals surface area contributed by atoms with E-state index >= 15 is 0 Å². The summed E-state index contributed by atoms with van der Waals surface area (Å²) in [6.07, 6.45) is 2.73. The Morgan fingerprint density at radius 1 is 0.893 bits per heavy atom. The monoisotopic (exact) mass is 394 g/mol. The van der Waals surface area contributed by atoms with Gasteiger partial charge in [0.25, 0.3) is 0 Å². The number of carbonyl (C=O) groups excluding carboxylic acids is 1. The number of hydrogen-bond acceptors (Lipinski definition) is 4. The summed E-state index contributed by atoms with van der Waals surface area (Å²) < 4.78 is 23.3. The molecule has 0 spiro atoms. The van der Waals surface area contributed by atoms with Crippen molar-refractivity contribution in [1.82, 2.24) is 9.88 Å². The predicted molar refractivity (Wildman–Crippen MR) is 110 cm³/mol. The molecule has 1 heterocycles. The topological polar surface area (TPSA) is 67.3 Å². The minimum Gasteiger partial charge on any atom is -0.332 e. The number of hydrogen-bond donors (Lipinski definition) is 0. The van der Waals surface area contributed by atoms with Crippen molar-refractivity contribution in [1.29, 1.82) is 0 Å². The van der Waals surface area contributed by atoms with Crippen LogP contribution in [0.4, 0.5) is 0 Å². The summed E-state index contributed by atoms with van der Waals surface area (Å²) in [5.74, 6) is -0.948. The summed E-state index contributed by atoms with van der Waals surface area (Å²) in [6, 6.07) is 23.4. The SMILES string of the molecule is CS(=O)(=O)CC(=O)N(Cc1cccc(-c2ccccc2)c1)Cc1ccccn1. The Balaban J connectivity index is 1.85. The van der Waals surface area contributed by atoms with Gasteiger partial charge < -0.3 is 4.90 Å². The van der Waals surface area contributed by atoms with Crippen LogP contribution < -0.4 is 0 Å². The van der Waals surface area contributed by atoms with Crippen molar-refractivity contribution >= 4 is 15.7 Å². The Bertz CT molecular complexity index is 1040. The van der Waals surface area contributed by atoms with Gasteiger partial charge in [0.1, 0.15) is 5.75 Å². The van der Waals surface area contributed by atoms with Crippen molar-refractivity contribution in [3.8, 4) is 11.1 Å². The summed E-state index contributed by atoms with van der Waals surface area (Å²) in [5, 5.41) is 0. The van der Waals surface area contributed by atoms with Crippen LogP contribution in [0.25, 0.3) is 11.1 Å². The second-order valence-corrected chi connectivity index (χ2v) is 8.85. The first-order valence-electron chi connectivity index (χ1n) is 8.90. The molecular weight excluding hydrogens is 372 g/mol. The normalized spacial score (nSPS) is 11.2. The Kier molecular flexibility index (Phi) is 6.21. The molecule has 0 radical (unpaired) electrons. The lowest BCUT2D eigenvalue weighted by atomic mass is 10.0. The lowest BCUT2D eigenvalue weighted by Crippen LogP contribution is -2.35. The Morgan fingerprint density at radius 3 is 2.29 bits per heavy atom. The van der Waals surface area contributed by atoms with Crippen molar-refractivity contribution in [2.24, 2.45) is 0 Å². The number of amides is 1. The number of aromatic nitrogens is 1. The zero-order valence-corrected chi connectivity index (χ0v) is 16.5. The maximum absolute atomic E-state index is 12.6. The second-order valence-electron chi connectivity index (χ2n) is 6.71. The molecule has 3 aromatic rings. The molecule has 0 N–H and O–H groups in total. The zero-order valence-electron chi connectivity index (χ0n) is 15.7. The third-order valence-electron chi connectivity index (χ3n) is 4.22. The highest BCUT2D eigenvalue weighted by Crippen LogP contribution is 2.21. The average Bonchev–Trinajstić information content (AvgIpc) is 2.68. The molecule has 144 valence electrons. The summed E-state index contributed by atoms with van der Waals surface area (Å²) in [5.41, 5.74) is 3.78. The van der Waals surface area contributed by atoms with E-state index in [1.807, 2.05) is 66.7 Å². The number of nitrogens with zero attached hydrogens (tertiary/aromatic N) is 2. The molecule has 0 aliphatic rings. The largest absolute Gasteiger partial charge is 0.332 e. The van der Waals surface area contributed by atoms with E-state index in [1.54, 1.807) is 12.3 Å². The Labute approximate surface area is 165 Å². The summed E-state index contributed by atoms with van der Waals surface area (Å²) in [6.45, 7) is 0.566. The molecule has 1 aromatic heterocycles. The molecule has 0 aliphatic heterocycles. The molecule has 2 aromatic carbocycles. The van der Waals surface area contributed by atoms with Gasteiger partial charge in [-0.1, -0.05) is 54.6 Å². The number of carbonyl (C=O) groups is 1. The van der Waals surface area contributed by atoms with Crippen molar-refractivity contribution in [3.63, 3.8) is 0 Å². The molecule has 0 saturated carbocycles. The van der Waals surface area contributed by atoms with Crippen molar-refractivity contribution < 1.29 is 13.2 Å². The van der Waals surface area contributed by atoms with Gasteiger partial charge in [0.15, 0.2) is 9.84 Å². The van der Waals surface area contributed by atoms with Gasteiger partial charge in [-0.05, 0) is 34.9 Å². The molecule has 3 rings (SSSR count). The van der Waals surface area contributed by atoms with Crippen molar-refractivity contribution in [2.45, 2.75) is 13.1 Å². The number of sulfone groups is 1. The van der Waals surface area contributed by atoms with E-state index in [0.717, 1.165) is 22.9 Å². The number of benzene rings is 2. The van der Waals surface area contributed by atoms with Crippen LogP contribution in [0.5, 0.6) is 0 Å². The first-order chi connectivity index (χ1) is 13.4. The molecule has 5 nitrogen and oxygen atoms in total. The average molecular weight is 394 g/mol. The lowest BCUT2D eigenvalue weighted by Gasteiger charge is -2.22. The van der Waals surface area contributed by atoms with Gasteiger partial charge in [-0.3, -0.25) is 9.78 Å². The third kappa shape index (κ3) is 5.76. The Morgan fingerprint density at radius 2 is 1.61 bits per heavy atom. The molecular formula is C22H22N2O3S. The lowest BCUT2D eigenvalue weighted by molar-refractivity contribution is -0.129. The van der Waals surface area contributed by atoms with Crippen LogP contribution in [0.1, 0.15) is 11.3 Å². The van der Waals surface area contributed by atoms with E-state index < -0.39 is 21.5 Å². The van der Waals surface area contributed by atoms with Crippen LogP contribution >= 0.6 is 0 Å². The van der Waals surface area contributed by atoms with Gasteiger partial charge in [-0.2, -0.15) is 0 Å². The highest BCUT2D eigenvalue weighted by Gasteiger charge is 2.20. The Hall–Kier alpha value is -2.99. The van der Waals surface area contributed by atoms with E-state index in [-0.39, 0.29) is 6.54 Å². The zero-order chi connectivity index (χ0) is 20.0. The molecule has 0 unspecified atom stereocenters. The highest BCUT2D eigenvalue weighted by molar-refractivity contribution is 7.91. The molecule has 0 saturated heterocycles. The minimum atomic E-state index is -3.42. The van der Waals surface area contributed by atoms with Gasteiger partial charge in [0.05, 0.1) is 12.2 Å². The van der Waals surface area contributed by atoms with E-state index in [0.29, 0.717) is 12.2 Å². The molecule has 0 fully saturated rings. The smallest absolute Gasteiger partial charge is 0.238 e. The quantitative estimate of drug-likeness (QED) is 0.617. The van der Waals surface area contributed by atoms with E-state index in [9.17, 15) is 13.2 Å². The standard InChI is InChI=1S/C22H22N2O3S/c1-28(26,27)17-22(25)24(16-21-12-5-6-13-23-21)15-18-8-7-11-20(14-18)19-9-3-2-4-10-19/h2-14H,15-17H2,1H3. The third-order valence-corrected chi connectivity index (χ3v) is 5.00. The van der Waals surface area contributed by atoms with Gasteiger partial charge in [0.2, 0.25) is 5.91 Å². The molecule has 1 amide bonds. The molecule has 0 bridgehead atoms. The van der Waals surface area contributed by atoms with E-state index in [4.69, 9.17) is 0 Å². The minimum absolute atomic E-state index is 0.255. The fourth-order valence-corrected chi connectivity index (χ4v) is 3.57. The van der Waals surface area contributed by atoms with Gasteiger partial charge in [-0.25, -0.2) is 8.42 Å².